The third-order valence-electron chi connectivity index (χ3n) is 7.36. The van der Waals surface area contributed by atoms with Gasteiger partial charge in [0.05, 0.1) is 24.3 Å². The third-order valence-corrected chi connectivity index (χ3v) is 7.80. The quantitative estimate of drug-likeness (QED) is 0.183. The zero-order valence-electron chi connectivity index (χ0n) is 24.4. The number of aromatic nitrogens is 2. The van der Waals surface area contributed by atoms with Gasteiger partial charge in [0.2, 0.25) is 0 Å². The lowest BCUT2D eigenvalue weighted by molar-refractivity contribution is -0.127. The van der Waals surface area contributed by atoms with E-state index in [0.29, 0.717) is 30.2 Å². The van der Waals surface area contributed by atoms with Crippen molar-refractivity contribution in [3.8, 4) is 0 Å². The minimum absolute atomic E-state index is 0.00362. The van der Waals surface area contributed by atoms with E-state index in [9.17, 15) is 15.0 Å². The molecule has 0 saturated carbocycles. The Hall–Kier alpha value is -2.57. The van der Waals surface area contributed by atoms with Gasteiger partial charge in [0.25, 0.3) is 0 Å². The Bertz CT molecular complexity index is 1320. The normalized spacial score (nSPS) is 17.3. The molecule has 0 aliphatic carbocycles. The van der Waals surface area contributed by atoms with Gasteiger partial charge in [-0.1, -0.05) is 48.3 Å². The van der Waals surface area contributed by atoms with Crippen LogP contribution in [0.3, 0.4) is 0 Å². The largest absolute Gasteiger partial charge is 0.391 e. The van der Waals surface area contributed by atoms with Crippen LogP contribution in [-0.2, 0) is 16.9 Å². The first kappa shape index (κ1) is 34.9. The molecule has 0 radical (unpaired) electrons. The standard InChI is InChI=1S/C25H33ClF2N4O4.C6H5Cl/c1-4-25(35,24(28)5-7-29-8-6-24)18-9-17(14-33)22(20(27)10-18)23(36-15-16(2)34)32(3)13-21-30-11-19(26)12-31-21;7-6-4-2-1-3-5-6/h9-12,14,16,23,29,34-35H,4-8,13,15H2,1-3H3;1-5H/t16-,23-,25?;/m1./s1. The number of alkyl halides is 1. The highest BCUT2D eigenvalue weighted by Crippen LogP contribution is 2.45. The van der Waals surface area contributed by atoms with Crippen LogP contribution >= 0.6 is 23.2 Å². The summed E-state index contributed by atoms with van der Waals surface area (Å²) in [6, 6.07) is 11.8. The molecular formula is C31H38Cl2F2N4O4. The molecule has 1 unspecified atom stereocenters. The maximum Gasteiger partial charge on any atom is 0.150 e. The van der Waals surface area contributed by atoms with Crippen LogP contribution in [0.4, 0.5) is 8.78 Å². The predicted octanol–water partition coefficient (Wildman–Crippen LogP) is 5.64. The van der Waals surface area contributed by atoms with Crippen LogP contribution in [0, 0.1) is 5.82 Å². The molecule has 1 aliphatic heterocycles. The second kappa shape index (κ2) is 15.9. The number of aliphatic hydroxyl groups is 2. The summed E-state index contributed by atoms with van der Waals surface area (Å²) < 4.78 is 37.5. The first-order valence-corrected chi connectivity index (χ1v) is 14.8. The van der Waals surface area contributed by atoms with E-state index in [1.54, 1.807) is 18.9 Å². The number of hydrogen-bond donors (Lipinski definition) is 3. The molecule has 0 spiro atoms. The van der Waals surface area contributed by atoms with E-state index in [1.807, 2.05) is 30.3 Å². The number of benzene rings is 2. The van der Waals surface area contributed by atoms with Crippen molar-refractivity contribution in [3.05, 3.63) is 93.2 Å². The van der Waals surface area contributed by atoms with Crippen molar-refractivity contribution in [3.63, 3.8) is 0 Å². The summed E-state index contributed by atoms with van der Waals surface area (Å²) in [7, 11) is 1.63. The summed E-state index contributed by atoms with van der Waals surface area (Å²) in [5.41, 5.74) is -4.15. The molecule has 43 heavy (non-hydrogen) atoms. The number of nitrogens with one attached hydrogen (secondary N) is 1. The number of nitrogens with zero attached hydrogens (tertiary/aromatic N) is 3. The van der Waals surface area contributed by atoms with Crippen LogP contribution in [0.15, 0.2) is 54.9 Å². The van der Waals surface area contributed by atoms with Crippen LogP contribution in [0.25, 0.3) is 0 Å². The molecule has 1 aromatic heterocycles. The Kier molecular flexibility index (Phi) is 12.9. The molecule has 2 heterocycles. The number of aliphatic hydroxyl groups excluding tert-OH is 1. The fourth-order valence-corrected chi connectivity index (χ4v) is 5.30. The Morgan fingerprint density at radius 1 is 1.16 bits per heavy atom. The fraction of sp³-hybridized carbons (Fsp3) is 0.452. The van der Waals surface area contributed by atoms with Gasteiger partial charge in [0.15, 0.2) is 6.29 Å². The smallest absolute Gasteiger partial charge is 0.150 e. The number of aldehydes is 1. The van der Waals surface area contributed by atoms with Crippen molar-refractivity contribution >= 4 is 29.5 Å². The molecule has 234 valence electrons. The highest BCUT2D eigenvalue weighted by molar-refractivity contribution is 6.30. The van der Waals surface area contributed by atoms with Gasteiger partial charge in [-0.3, -0.25) is 9.69 Å². The van der Waals surface area contributed by atoms with Gasteiger partial charge in [0.1, 0.15) is 29.1 Å². The Morgan fingerprint density at radius 3 is 2.30 bits per heavy atom. The lowest BCUT2D eigenvalue weighted by Crippen LogP contribution is -2.54. The van der Waals surface area contributed by atoms with E-state index in [0.717, 1.165) is 11.1 Å². The van der Waals surface area contributed by atoms with Crippen LogP contribution in [0.5, 0.6) is 0 Å². The van der Waals surface area contributed by atoms with Gasteiger partial charge in [-0.15, -0.1) is 0 Å². The van der Waals surface area contributed by atoms with Crippen molar-refractivity contribution in [1.82, 2.24) is 20.2 Å². The summed E-state index contributed by atoms with van der Waals surface area (Å²) in [5, 5.41) is 25.5. The van der Waals surface area contributed by atoms with E-state index in [1.165, 1.54) is 25.4 Å². The number of piperidine rings is 1. The minimum Gasteiger partial charge on any atom is -0.391 e. The van der Waals surface area contributed by atoms with Gasteiger partial charge in [0, 0.05) is 28.5 Å². The van der Waals surface area contributed by atoms with Gasteiger partial charge < -0.3 is 20.3 Å². The van der Waals surface area contributed by atoms with E-state index in [-0.39, 0.29) is 49.1 Å². The summed E-state index contributed by atoms with van der Waals surface area (Å²) in [5.74, 6) is -0.457. The van der Waals surface area contributed by atoms with Crippen molar-refractivity contribution in [2.75, 3.05) is 26.7 Å². The van der Waals surface area contributed by atoms with Crippen molar-refractivity contribution in [1.29, 1.82) is 0 Å². The van der Waals surface area contributed by atoms with E-state index >= 15 is 8.78 Å². The molecule has 12 heteroatoms. The van der Waals surface area contributed by atoms with Gasteiger partial charge in [-0.25, -0.2) is 18.7 Å². The summed E-state index contributed by atoms with van der Waals surface area (Å²) in [4.78, 5) is 22.0. The Morgan fingerprint density at radius 2 is 1.79 bits per heavy atom. The number of carbonyl (C=O) groups is 1. The number of hydrogen-bond acceptors (Lipinski definition) is 8. The number of ether oxygens (including phenoxy) is 1. The maximum absolute atomic E-state index is 16.0. The van der Waals surface area contributed by atoms with Crippen molar-refractivity contribution < 1.29 is 28.5 Å². The zero-order valence-corrected chi connectivity index (χ0v) is 26.0. The lowest BCUT2D eigenvalue weighted by atomic mass is 9.71. The molecule has 2 aromatic carbocycles. The number of carbonyl (C=O) groups excluding carboxylic acids is 1. The van der Waals surface area contributed by atoms with Crippen molar-refractivity contribution in [2.24, 2.45) is 0 Å². The van der Waals surface area contributed by atoms with Gasteiger partial charge in [-0.05, 0) is 76.2 Å². The van der Waals surface area contributed by atoms with E-state index in [4.69, 9.17) is 27.9 Å². The molecule has 1 fully saturated rings. The molecule has 4 rings (SSSR count). The summed E-state index contributed by atoms with van der Waals surface area (Å²) >= 11 is 11.4. The molecule has 1 saturated heterocycles. The third kappa shape index (κ3) is 8.98. The highest BCUT2D eigenvalue weighted by atomic mass is 35.5. The van der Waals surface area contributed by atoms with Gasteiger partial charge in [-0.2, -0.15) is 0 Å². The monoisotopic (exact) mass is 638 g/mol. The average molecular weight is 640 g/mol. The van der Waals surface area contributed by atoms with E-state index in [2.05, 4.69) is 15.3 Å². The molecule has 1 aliphatic rings. The van der Waals surface area contributed by atoms with Crippen LogP contribution in [0.1, 0.15) is 66.6 Å². The topological polar surface area (TPSA) is 108 Å². The summed E-state index contributed by atoms with van der Waals surface area (Å²) in [6.07, 6.45) is 1.45. The molecule has 3 aromatic rings. The molecule has 0 amide bonds. The second-order valence-corrected chi connectivity index (χ2v) is 11.4. The lowest BCUT2D eigenvalue weighted by Gasteiger charge is -2.44. The summed E-state index contributed by atoms with van der Waals surface area (Å²) in [6.45, 7) is 3.88. The first-order chi connectivity index (χ1) is 20.4. The number of halogens is 4. The maximum atomic E-state index is 16.0. The molecular weight excluding hydrogens is 601 g/mol. The Labute approximate surface area is 261 Å². The van der Waals surface area contributed by atoms with Crippen LogP contribution in [-0.4, -0.2) is 69.9 Å². The minimum atomic E-state index is -1.98. The van der Waals surface area contributed by atoms with Crippen LogP contribution < -0.4 is 5.32 Å². The predicted molar refractivity (Wildman–Crippen MR) is 162 cm³/mol. The average Bonchev–Trinajstić information content (AvgIpc) is 2.99. The Balaban J connectivity index is 0.000000633. The molecule has 3 N–H and O–H groups in total. The fourth-order valence-electron chi connectivity index (χ4n) is 5.05. The highest BCUT2D eigenvalue weighted by Gasteiger charge is 2.52. The zero-order chi connectivity index (χ0) is 31.6. The molecule has 0 bridgehead atoms. The second-order valence-electron chi connectivity index (χ2n) is 10.6. The van der Waals surface area contributed by atoms with Crippen molar-refractivity contribution in [2.45, 2.75) is 63.3 Å². The van der Waals surface area contributed by atoms with Gasteiger partial charge >= 0.3 is 0 Å². The molecule has 3 atom stereocenters. The van der Waals surface area contributed by atoms with E-state index < -0.39 is 29.4 Å². The molecule has 8 nitrogen and oxygen atoms in total. The van der Waals surface area contributed by atoms with Crippen LogP contribution in [0.2, 0.25) is 10.0 Å². The first-order valence-electron chi connectivity index (χ1n) is 14.0. The number of rotatable bonds is 11. The SMILES string of the molecule is CCC(O)(c1cc(F)c([C@@H](OC[C@@H](C)O)N(C)Cc2ncc(Cl)cn2)c(C=O)c1)C1(F)CCNCC1.Clc1ccccc1.